The Morgan fingerprint density at radius 2 is 2.12 bits per heavy atom. The number of oxime groups is 1. The van der Waals surface area contributed by atoms with E-state index in [0.717, 1.165) is 0 Å². The van der Waals surface area contributed by atoms with Crippen molar-refractivity contribution in [3.8, 4) is 0 Å². The molecular formula is C8H18N4O4S. The third-order valence-corrected chi connectivity index (χ3v) is 2.96. The number of nitrogens with one attached hydrogen (secondary N) is 1. The number of primary sulfonamides is 1. The summed E-state index contributed by atoms with van der Waals surface area (Å²) in [6.45, 7) is 1.89. The largest absolute Gasteiger partial charge is 0.409 e. The van der Waals surface area contributed by atoms with Crippen LogP contribution in [0.25, 0.3) is 0 Å². The Morgan fingerprint density at radius 3 is 2.53 bits per heavy atom. The summed E-state index contributed by atoms with van der Waals surface area (Å²) in [6, 6.07) is 0. The number of amidine groups is 1. The van der Waals surface area contributed by atoms with Crippen molar-refractivity contribution in [2.45, 2.75) is 19.8 Å². The molecule has 1 amide bonds. The van der Waals surface area contributed by atoms with Crippen LogP contribution in [-0.2, 0) is 14.8 Å². The monoisotopic (exact) mass is 266 g/mol. The predicted octanol–water partition coefficient (Wildman–Crippen LogP) is -1.45. The zero-order valence-corrected chi connectivity index (χ0v) is 10.4. The average Bonchev–Trinajstić information content (AvgIpc) is 2.23. The highest BCUT2D eigenvalue weighted by Crippen LogP contribution is 2.02. The normalized spacial score (nSPS) is 14.4. The zero-order valence-electron chi connectivity index (χ0n) is 9.59. The molecule has 1 atom stereocenters. The first-order chi connectivity index (χ1) is 7.81. The van der Waals surface area contributed by atoms with Gasteiger partial charge in [-0.2, -0.15) is 0 Å². The van der Waals surface area contributed by atoms with E-state index in [4.69, 9.17) is 16.1 Å². The first-order valence-electron chi connectivity index (χ1n) is 5.07. The Hall–Kier alpha value is -1.35. The van der Waals surface area contributed by atoms with Gasteiger partial charge in [0.15, 0.2) is 5.84 Å². The number of carbonyl (C=O) groups is 1. The Morgan fingerprint density at radius 1 is 1.53 bits per heavy atom. The molecule has 0 heterocycles. The van der Waals surface area contributed by atoms with E-state index in [1.165, 1.54) is 0 Å². The van der Waals surface area contributed by atoms with E-state index in [0.29, 0.717) is 6.42 Å². The van der Waals surface area contributed by atoms with E-state index in [9.17, 15) is 13.2 Å². The second-order valence-corrected chi connectivity index (χ2v) is 5.23. The molecule has 0 aromatic carbocycles. The lowest BCUT2D eigenvalue weighted by Crippen LogP contribution is -2.39. The van der Waals surface area contributed by atoms with Crippen molar-refractivity contribution in [2.24, 2.45) is 21.9 Å². The van der Waals surface area contributed by atoms with Gasteiger partial charge in [-0.15, -0.1) is 0 Å². The van der Waals surface area contributed by atoms with Crippen molar-refractivity contribution < 1.29 is 18.4 Å². The molecule has 0 aliphatic heterocycles. The van der Waals surface area contributed by atoms with Gasteiger partial charge in [-0.25, -0.2) is 13.6 Å². The fourth-order valence-corrected chi connectivity index (χ4v) is 1.75. The molecule has 0 aliphatic carbocycles. The molecule has 6 N–H and O–H groups in total. The molecule has 0 radical (unpaired) electrons. The third kappa shape index (κ3) is 6.74. The summed E-state index contributed by atoms with van der Waals surface area (Å²) in [5.41, 5.74) is 5.33. The van der Waals surface area contributed by atoms with Gasteiger partial charge < -0.3 is 16.3 Å². The van der Waals surface area contributed by atoms with E-state index < -0.39 is 21.8 Å². The predicted molar refractivity (Wildman–Crippen MR) is 62.8 cm³/mol. The minimum Gasteiger partial charge on any atom is -0.409 e. The summed E-state index contributed by atoms with van der Waals surface area (Å²) in [6.07, 6.45) is 0.605. The summed E-state index contributed by atoms with van der Waals surface area (Å²) in [7, 11) is -3.51. The number of hydrogen-bond donors (Lipinski definition) is 4. The molecule has 0 rings (SSSR count). The van der Waals surface area contributed by atoms with Gasteiger partial charge in [0.2, 0.25) is 15.9 Å². The van der Waals surface area contributed by atoms with Gasteiger partial charge in [-0.05, 0) is 12.8 Å². The van der Waals surface area contributed by atoms with E-state index in [2.05, 4.69) is 10.5 Å². The van der Waals surface area contributed by atoms with Crippen LogP contribution in [0, 0.1) is 5.92 Å². The van der Waals surface area contributed by atoms with Gasteiger partial charge in [0.05, 0.1) is 11.7 Å². The highest BCUT2D eigenvalue weighted by atomic mass is 32.2. The van der Waals surface area contributed by atoms with Crippen LogP contribution in [0.4, 0.5) is 0 Å². The summed E-state index contributed by atoms with van der Waals surface area (Å²) in [5, 5.41) is 18.5. The Bertz CT molecular complexity index is 379. The summed E-state index contributed by atoms with van der Waals surface area (Å²) in [5.74, 6) is -1.49. The van der Waals surface area contributed by atoms with Crippen LogP contribution in [0.15, 0.2) is 5.16 Å². The van der Waals surface area contributed by atoms with Gasteiger partial charge in [0.1, 0.15) is 0 Å². The number of sulfonamides is 1. The smallest absolute Gasteiger partial charge is 0.230 e. The first kappa shape index (κ1) is 15.7. The number of rotatable bonds is 7. The molecule has 1 unspecified atom stereocenters. The summed E-state index contributed by atoms with van der Waals surface area (Å²) in [4.78, 5) is 11.5. The van der Waals surface area contributed by atoms with E-state index in [-0.39, 0.29) is 24.6 Å². The van der Waals surface area contributed by atoms with E-state index in [1.54, 1.807) is 6.92 Å². The minimum absolute atomic E-state index is 0.170. The maximum absolute atomic E-state index is 11.5. The lowest BCUT2D eigenvalue weighted by Gasteiger charge is -2.12. The molecule has 0 bridgehead atoms. The van der Waals surface area contributed by atoms with Gasteiger partial charge in [0.25, 0.3) is 0 Å². The van der Waals surface area contributed by atoms with Crippen LogP contribution < -0.4 is 16.2 Å². The van der Waals surface area contributed by atoms with Gasteiger partial charge >= 0.3 is 0 Å². The molecule has 0 fully saturated rings. The van der Waals surface area contributed by atoms with E-state index >= 15 is 0 Å². The maximum atomic E-state index is 11.5. The van der Waals surface area contributed by atoms with Crippen LogP contribution in [0.2, 0.25) is 0 Å². The van der Waals surface area contributed by atoms with Crippen LogP contribution in [-0.4, -0.2) is 37.7 Å². The number of carbonyl (C=O) groups excluding carboxylic acids is 1. The molecule has 0 saturated heterocycles. The Balaban J connectivity index is 4.09. The molecule has 0 saturated carbocycles. The summed E-state index contributed by atoms with van der Waals surface area (Å²) >= 11 is 0. The fraction of sp³-hybridized carbons (Fsp3) is 0.750. The topological polar surface area (TPSA) is 148 Å². The van der Waals surface area contributed by atoms with Crippen molar-refractivity contribution >= 4 is 21.8 Å². The van der Waals surface area contributed by atoms with Crippen molar-refractivity contribution in [3.63, 3.8) is 0 Å². The Kier molecular flexibility index (Phi) is 6.51. The summed E-state index contributed by atoms with van der Waals surface area (Å²) < 4.78 is 21.2. The zero-order chi connectivity index (χ0) is 13.5. The first-order valence-corrected chi connectivity index (χ1v) is 6.79. The fourth-order valence-electron chi connectivity index (χ4n) is 1.21. The number of hydrogen-bond acceptors (Lipinski definition) is 5. The van der Waals surface area contributed by atoms with Crippen molar-refractivity contribution in [1.29, 1.82) is 0 Å². The SMILES string of the molecule is CCC(C(=O)NCCCS(N)(=O)=O)C(N)=NO. The molecule has 100 valence electrons. The van der Waals surface area contributed by atoms with Crippen molar-refractivity contribution in [2.75, 3.05) is 12.3 Å². The molecule has 17 heavy (non-hydrogen) atoms. The molecule has 8 nitrogen and oxygen atoms in total. The molecule has 9 heteroatoms. The molecule has 0 aromatic rings. The Labute approximate surface area is 100 Å². The second-order valence-electron chi connectivity index (χ2n) is 3.50. The molecular weight excluding hydrogens is 248 g/mol. The molecule has 0 aromatic heterocycles. The van der Waals surface area contributed by atoms with Gasteiger partial charge in [-0.1, -0.05) is 12.1 Å². The quantitative estimate of drug-likeness (QED) is 0.146. The van der Waals surface area contributed by atoms with Crippen LogP contribution in [0.5, 0.6) is 0 Å². The third-order valence-electron chi connectivity index (χ3n) is 2.10. The molecule has 0 aliphatic rings. The van der Waals surface area contributed by atoms with Crippen molar-refractivity contribution in [3.05, 3.63) is 0 Å². The maximum Gasteiger partial charge on any atom is 0.230 e. The van der Waals surface area contributed by atoms with Crippen LogP contribution in [0.1, 0.15) is 19.8 Å². The highest BCUT2D eigenvalue weighted by molar-refractivity contribution is 7.89. The highest BCUT2D eigenvalue weighted by Gasteiger charge is 2.20. The van der Waals surface area contributed by atoms with Crippen LogP contribution >= 0.6 is 0 Å². The van der Waals surface area contributed by atoms with Crippen molar-refractivity contribution in [1.82, 2.24) is 5.32 Å². The van der Waals surface area contributed by atoms with E-state index in [1.807, 2.05) is 0 Å². The van der Waals surface area contributed by atoms with Gasteiger partial charge in [0, 0.05) is 6.54 Å². The lowest BCUT2D eigenvalue weighted by molar-refractivity contribution is -0.123. The van der Waals surface area contributed by atoms with Gasteiger partial charge in [-0.3, -0.25) is 4.79 Å². The van der Waals surface area contributed by atoms with Crippen LogP contribution in [0.3, 0.4) is 0 Å². The number of amides is 1. The average molecular weight is 266 g/mol. The number of nitrogens with zero attached hydrogens (tertiary/aromatic N) is 1. The second kappa shape index (κ2) is 7.07. The lowest BCUT2D eigenvalue weighted by atomic mass is 10.0. The standard InChI is InChI=1S/C8H18N4O4S/c1-2-6(7(9)12-14)8(13)11-4-3-5-17(10,15)16/h6,14H,2-5H2,1H3,(H2,9,12)(H,11,13)(H2,10,15,16). The number of nitrogens with two attached hydrogens (primary N) is 2. The minimum atomic E-state index is -3.51. The molecule has 0 spiro atoms.